The van der Waals surface area contributed by atoms with Crippen molar-refractivity contribution < 1.29 is 4.52 Å². The first-order chi connectivity index (χ1) is 11.5. The molecule has 6 nitrogen and oxygen atoms in total. The molecule has 1 aliphatic rings. The lowest BCUT2D eigenvalue weighted by Gasteiger charge is -2.36. The van der Waals surface area contributed by atoms with Crippen molar-refractivity contribution in [2.75, 3.05) is 32.4 Å². The third-order valence-corrected chi connectivity index (χ3v) is 5.74. The second-order valence-electron chi connectivity index (χ2n) is 6.88. The van der Waals surface area contributed by atoms with Gasteiger partial charge in [-0.25, -0.2) is 0 Å². The van der Waals surface area contributed by atoms with Gasteiger partial charge in [-0.15, -0.1) is 24.0 Å². The van der Waals surface area contributed by atoms with Gasteiger partial charge in [-0.05, 0) is 12.3 Å². The average molecular weight is 481 g/mol. The molecule has 2 rings (SSSR count). The maximum atomic E-state index is 5.28. The predicted octanol–water partition coefficient (Wildman–Crippen LogP) is 3.39. The number of nitrogens with one attached hydrogen (secondary N) is 1. The second-order valence-corrected chi connectivity index (χ2v) is 8.22. The molecule has 0 radical (unpaired) electrons. The predicted molar refractivity (Wildman–Crippen MR) is 116 cm³/mol. The summed E-state index contributed by atoms with van der Waals surface area (Å²) in [5.74, 6) is 4.70. The summed E-state index contributed by atoms with van der Waals surface area (Å²) in [5.41, 5.74) is 0. The van der Waals surface area contributed by atoms with Crippen molar-refractivity contribution in [1.82, 2.24) is 20.4 Å². The van der Waals surface area contributed by atoms with E-state index in [1.54, 1.807) is 0 Å². The van der Waals surface area contributed by atoms with E-state index in [1.807, 2.05) is 7.05 Å². The van der Waals surface area contributed by atoms with Gasteiger partial charge in [0.2, 0.25) is 5.89 Å². The van der Waals surface area contributed by atoms with Gasteiger partial charge >= 0.3 is 0 Å². The van der Waals surface area contributed by atoms with Gasteiger partial charge in [0.25, 0.3) is 0 Å². The van der Waals surface area contributed by atoms with Gasteiger partial charge in [-0.1, -0.05) is 32.9 Å². The van der Waals surface area contributed by atoms with Gasteiger partial charge < -0.3 is 14.7 Å². The normalized spacial score (nSPS) is 18.6. The fourth-order valence-electron chi connectivity index (χ4n) is 2.65. The minimum absolute atomic E-state index is 0. The number of rotatable bonds is 6. The molecule has 1 atom stereocenters. The van der Waals surface area contributed by atoms with Gasteiger partial charge in [0.15, 0.2) is 11.8 Å². The van der Waals surface area contributed by atoms with Crippen LogP contribution < -0.4 is 5.32 Å². The molecule has 1 aromatic heterocycles. The van der Waals surface area contributed by atoms with Crippen LogP contribution in [0.25, 0.3) is 0 Å². The highest BCUT2D eigenvalue weighted by molar-refractivity contribution is 14.0. The molecule has 1 unspecified atom stereocenters. The molecule has 2 heterocycles. The lowest BCUT2D eigenvalue weighted by molar-refractivity contribution is 0.366. The molecule has 0 aromatic carbocycles. The summed E-state index contributed by atoms with van der Waals surface area (Å²) in [4.78, 5) is 11.2. The Hall–Kier alpha value is -0.510. The summed E-state index contributed by atoms with van der Waals surface area (Å²) >= 11 is 2.08. The van der Waals surface area contributed by atoms with E-state index in [2.05, 4.69) is 64.8 Å². The molecule has 0 saturated carbocycles. The molecule has 1 aromatic rings. The van der Waals surface area contributed by atoms with Gasteiger partial charge in [0.05, 0.1) is 0 Å². The van der Waals surface area contributed by atoms with Crippen molar-refractivity contribution in [2.45, 2.75) is 51.7 Å². The van der Waals surface area contributed by atoms with Crippen LogP contribution in [0, 0.1) is 5.92 Å². The maximum absolute atomic E-state index is 5.28. The van der Waals surface area contributed by atoms with Gasteiger partial charge in [0.1, 0.15) is 0 Å². The lowest BCUT2D eigenvalue weighted by atomic mass is 10.1. The molecule has 8 heteroatoms. The van der Waals surface area contributed by atoms with Crippen molar-refractivity contribution in [3.63, 3.8) is 0 Å². The van der Waals surface area contributed by atoms with Crippen molar-refractivity contribution in [3.8, 4) is 0 Å². The van der Waals surface area contributed by atoms with Gasteiger partial charge in [0, 0.05) is 50.0 Å². The average Bonchev–Trinajstić information content (AvgIpc) is 3.04. The summed E-state index contributed by atoms with van der Waals surface area (Å²) in [6, 6.07) is 0. The van der Waals surface area contributed by atoms with Gasteiger partial charge in [-0.2, -0.15) is 16.7 Å². The van der Waals surface area contributed by atoms with E-state index in [9.17, 15) is 0 Å². The number of aliphatic imine (C=N–C) groups is 1. The van der Waals surface area contributed by atoms with Crippen LogP contribution in [-0.2, 0) is 6.42 Å². The molecular formula is C17H32IN5OS. The van der Waals surface area contributed by atoms with Crippen LogP contribution in [0.1, 0.15) is 51.7 Å². The molecule has 0 bridgehead atoms. The Kier molecular flexibility index (Phi) is 10.1. The molecule has 1 saturated heterocycles. The Morgan fingerprint density at radius 3 is 2.76 bits per heavy atom. The fourth-order valence-corrected chi connectivity index (χ4v) is 3.95. The Balaban J connectivity index is 0.00000312. The largest absolute Gasteiger partial charge is 0.356 e. The first-order valence-electron chi connectivity index (χ1n) is 8.91. The third kappa shape index (κ3) is 6.96. The zero-order valence-corrected chi connectivity index (χ0v) is 19.1. The molecule has 144 valence electrons. The molecule has 1 fully saturated rings. The number of nitrogens with zero attached hydrogens (tertiary/aromatic N) is 4. The number of aromatic nitrogens is 2. The topological polar surface area (TPSA) is 66.5 Å². The number of hydrogen-bond acceptors (Lipinski definition) is 5. The first kappa shape index (κ1) is 22.5. The number of thioether (sulfide) groups is 1. The minimum atomic E-state index is 0. The fraction of sp³-hybridized carbons (Fsp3) is 0.824. The smallest absolute Gasteiger partial charge is 0.226 e. The SMILES string of the molecule is CN=C(NCCCc1nc(C(C)C)no1)N1CCSC(C(C)C)C1.I. The molecule has 1 N–H and O–H groups in total. The zero-order chi connectivity index (χ0) is 17.5. The summed E-state index contributed by atoms with van der Waals surface area (Å²) in [7, 11) is 1.86. The van der Waals surface area contributed by atoms with Gasteiger partial charge in [-0.3, -0.25) is 4.99 Å². The Morgan fingerprint density at radius 1 is 1.40 bits per heavy atom. The summed E-state index contributed by atoms with van der Waals surface area (Å²) in [5, 5.41) is 8.16. The molecular weight excluding hydrogens is 449 g/mol. The number of aryl methyl sites for hydroxylation is 1. The van der Waals surface area contributed by atoms with Crippen molar-refractivity contribution in [3.05, 3.63) is 11.7 Å². The Morgan fingerprint density at radius 2 is 2.16 bits per heavy atom. The van der Waals surface area contributed by atoms with Crippen LogP contribution in [-0.4, -0.2) is 58.7 Å². The van der Waals surface area contributed by atoms with Crippen LogP contribution in [0.4, 0.5) is 0 Å². The van der Waals surface area contributed by atoms with Crippen LogP contribution in [0.3, 0.4) is 0 Å². The van der Waals surface area contributed by atoms with Crippen molar-refractivity contribution in [1.29, 1.82) is 0 Å². The quantitative estimate of drug-likeness (QED) is 0.291. The molecule has 0 spiro atoms. The van der Waals surface area contributed by atoms with Crippen LogP contribution in [0.5, 0.6) is 0 Å². The molecule has 0 aliphatic carbocycles. The van der Waals surface area contributed by atoms with E-state index in [0.29, 0.717) is 17.1 Å². The third-order valence-electron chi connectivity index (χ3n) is 4.20. The van der Waals surface area contributed by atoms with Crippen molar-refractivity contribution >= 4 is 41.7 Å². The molecule has 1 aliphatic heterocycles. The summed E-state index contributed by atoms with van der Waals surface area (Å²) in [6.07, 6.45) is 1.75. The van der Waals surface area contributed by atoms with Crippen molar-refractivity contribution in [2.24, 2.45) is 10.9 Å². The monoisotopic (exact) mass is 481 g/mol. The van der Waals surface area contributed by atoms with Crippen LogP contribution in [0.15, 0.2) is 9.52 Å². The highest BCUT2D eigenvalue weighted by Crippen LogP contribution is 2.24. The van der Waals surface area contributed by atoms with E-state index in [0.717, 1.165) is 50.2 Å². The number of hydrogen-bond donors (Lipinski definition) is 1. The van der Waals surface area contributed by atoms with E-state index >= 15 is 0 Å². The maximum Gasteiger partial charge on any atom is 0.226 e. The second kappa shape index (κ2) is 11.3. The van der Waals surface area contributed by atoms with Crippen LogP contribution in [0.2, 0.25) is 0 Å². The highest BCUT2D eigenvalue weighted by atomic mass is 127. The van der Waals surface area contributed by atoms with E-state index in [1.165, 1.54) is 5.75 Å². The number of halogens is 1. The standard InChI is InChI=1S/C17H31N5OS.HI/c1-12(2)14-11-22(9-10-24-14)17(18-5)19-8-6-7-15-20-16(13(3)4)21-23-15;/h12-14H,6-11H2,1-5H3,(H,18,19);1H. The minimum Gasteiger partial charge on any atom is -0.356 e. The van der Waals surface area contributed by atoms with E-state index in [4.69, 9.17) is 4.52 Å². The Bertz CT molecular complexity index is 535. The van der Waals surface area contributed by atoms with Crippen LogP contribution >= 0.6 is 35.7 Å². The molecule has 0 amide bonds. The van der Waals surface area contributed by atoms with E-state index < -0.39 is 0 Å². The highest BCUT2D eigenvalue weighted by Gasteiger charge is 2.24. The lowest BCUT2D eigenvalue weighted by Crippen LogP contribution is -2.49. The first-order valence-corrected chi connectivity index (χ1v) is 9.95. The summed E-state index contributed by atoms with van der Waals surface area (Å²) in [6.45, 7) is 11.7. The number of guanidine groups is 1. The summed E-state index contributed by atoms with van der Waals surface area (Å²) < 4.78 is 5.28. The molecule has 25 heavy (non-hydrogen) atoms. The zero-order valence-electron chi connectivity index (χ0n) is 16.0. The Labute approximate surface area is 173 Å². The van der Waals surface area contributed by atoms with E-state index in [-0.39, 0.29) is 24.0 Å².